The number of benzene rings is 4. The first-order chi connectivity index (χ1) is 34.8. The number of imide groups is 1. The summed E-state index contributed by atoms with van der Waals surface area (Å²) in [5.41, 5.74) is 9.15. The zero-order valence-corrected chi connectivity index (χ0v) is 41.2. The van der Waals surface area contributed by atoms with Crippen molar-refractivity contribution in [1.29, 1.82) is 0 Å². The molecule has 4 aromatic carbocycles. The molecule has 376 valence electrons. The summed E-state index contributed by atoms with van der Waals surface area (Å²) in [5, 5.41) is 17.2. The van der Waals surface area contributed by atoms with Gasteiger partial charge in [-0.3, -0.25) is 33.7 Å². The maximum absolute atomic E-state index is 14.4. The van der Waals surface area contributed by atoms with E-state index in [1.165, 1.54) is 12.2 Å². The summed E-state index contributed by atoms with van der Waals surface area (Å²) in [5.74, 6) is -1.74. The number of carbonyl (C=O) groups is 8. The summed E-state index contributed by atoms with van der Waals surface area (Å²) in [4.78, 5) is 112. The third-order valence-corrected chi connectivity index (χ3v) is 13.6. The number of aromatic nitrogens is 1. The molecule has 2 atom stereocenters. The number of hydrogen-bond donors (Lipinski definition) is 7. The summed E-state index contributed by atoms with van der Waals surface area (Å²) in [6.45, 7) is 3.86. The number of nitrogens with one attached hydrogen (secondary N) is 6. The molecular formula is C51H56BrN11O9. The molecule has 0 radical (unpaired) electrons. The fraction of sp³-hybridized carbons (Fsp3) is 0.333. The van der Waals surface area contributed by atoms with Crippen LogP contribution in [0.4, 0.5) is 26.7 Å². The number of primary amides is 1. The number of ether oxygens (including phenoxy) is 1. The molecule has 1 aromatic heterocycles. The van der Waals surface area contributed by atoms with Crippen LogP contribution in [0.5, 0.6) is 5.75 Å². The maximum Gasteiger partial charge on any atom is 0.415 e. The normalized spacial score (nSPS) is 16.0. The van der Waals surface area contributed by atoms with Gasteiger partial charge in [0.05, 0.1) is 11.7 Å². The van der Waals surface area contributed by atoms with E-state index in [1.54, 1.807) is 64.4 Å². The SMILES string of the molecule is CN1CCN(C(=O)Oc2cc3c(c4ccccc24)[C@H](CBr)CN3C(=O)c2cc3cc(NC(=O)c4ccc(NC(=O)[C@H](CCCNC(N)=O)NCCNC(=O)CCCN5C(=O)C=CC5=O)cc4)ccc3[nH]2)CC1. The number of alkyl halides is 1. The van der Waals surface area contributed by atoms with Crippen molar-refractivity contribution in [3.05, 3.63) is 108 Å². The number of likely N-dealkylation sites (N-methyl/N-ethyl adjacent to an activating group) is 1. The zero-order chi connectivity index (χ0) is 50.9. The molecule has 0 bridgehead atoms. The molecule has 1 saturated heterocycles. The van der Waals surface area contributed by atoms with Crippen LogP contribution in [0.3, 0.4) is 0 Å². The first kappa shape index (κ1) is 50.8. The molecule has 1 fully saturated rings. The van der Waals surface area contributed by atoms with Gasteiger partial charge in [0.2, 0.25) is 11.8 Å². The van der Waals surface area contributed by atoms with Gasteiger partial charge in [-0.15, -0.1) is 0 Å². The molecule has 0 spiro atoms. The Morgan fingerprint density at radius 3 is 2.26 bits per heavy atom. The second-order valence-corrected chi connectivity index (χ2v) is 18.5. The van der Waals surface area contributed by atoms with Crippen molar-refractivity contribution in [2.75, 3.05) is 86.8 Å². The van der Waals surface area contributed by atoms with Crippen LogP contribution in [0.15, 0.2) is 91.0 Å². The zero-order valence-electron chi connectivity index (χ0n) is 39.6. The molecular weight excluding hydrogens is 991 g/mol. The quantitative estimate of drug-likeness (QED) is 0.0341. The fourth-order valence-electron chi connectivity index (χ4n) is 9.00. The molecule has 8 N–H and O–H groups in total. The molecule has 0 aliphatic carbocycles. The first-order valence-electron chi connectivity index (χ1n) is 23.8. The Kier molecular flexibility index (Phi) is 16.3. The molecule has 21 heteroatoms. The molecule has 9 amide bonds. The number of amides is 9. The van der Waals surface area contributed by atoms with Crippen LogP contribution < -0.4 is 42.0 Å². The van der Waals surface area contributed by atoms with Crippen LogP contribution in [0.2, 0.25) is 0 Å². The van der Waals surface area contributed by atoms with Crippen molar-refractivity contribution < 1.29 is 43.1 Å². The number of H-pyrrole nitrogens is 1. The van der Waals surface area contributed by atoms with Crippen LogP contribution in [-0.4, -0.2) is 145 Å². The van der Waals surface area contributed by atoms with Gasteiger partial charge >= 0.3 is 12.1 Å². The van der Waals surface area contributed by atoms with E-state index in [9.17, 15) is 38.4 Å². The number of hydrogen-bond acceptors (Lipinski definition) is 11. The number of nitrogens with two attached hydrogens (primary N) is 1. The van der Waals surface area contributed by atoms with Gasteiger partial charge in [0.15, 0.2) is 0 Å². The van der Waals surface area contributed by atoms with Gasteiger partial charge in [0.25, 0.3) is 23.6 Å². The lowest BCUT2D eigenvalue weighted by atomic mass is 9.95. The third-order valence-electron chi connectivity index (χ3n) is 12.9. The van der Waals surface area contributed by atoms with E-state index in [0.29, 0.717) is 89.2 Å². The Morgan fingerprint density at radius 2 is 1.54 bits per heavy atom. The van der Waals surface area contributed by atoms with Gasteiger partial charge < -0.3 is 56.7 Å². The lowest BCUT2D eigenvalue weighted by molar-refractivity contribution is -0.137. The van der Waals surface area contributed by atoms with Gasteiger partial charge in [-0.2, -0.15) is 0 Å². The van der Waals surface area contributed by atoms with Gasteiger partial charge in [0, 0.05) is 128 Å². The number of urea groups is 1. The van der Waals surface area contributed by atoms with Crippen LogP contribution in [-0.2, 0) is 19.2 Å². The highest BCUT2D eigenvalue weighted by Crippen LogP contribution is 2.46. The van der Waals surface area contributed by atoms with E-state index in [0.717, 1.165) is 34.3 Å². The van der Waals surface area contributed by atoms with Crippen molar-refractivity contribution in [2.45, 2.75) is 37.6 Å². The predicted octanol–water partition coefficient (Wildman–Crippen LogP) is 4.63. The second-order valence-electron chi connectivity index (χ2n) is 17.8. The Balaban J connectivity index is 0.873. The number of nitrogens with zero attached hydrogens (tertiary/aromatic N) is 4. The van der Waals surface area contributed by atoms with E-state index in [1.807, 2.05) is 31.3 Å². The fourth-order valence-corrected chi connectivity index (χ4v) is 9.53. The van der Waals surface area contributed by atoms with Crippen LogP contribution in [0, 0.1) is 0 Å². The standard InChI is InChI=1S/C51H56BrN11O9/c1-60-22-24-61(25-23-60)51(71)72-42-28-41-46(37-7-3-2-6-36(37)42)33(29-52)30-63(41)49(69)40-27-32-26-35(14-15-38(32)59-40)58-47(67)31-10-12-34(13-11-31)57-48(68)39(8-4-18-56-50(53)70)54-19-20-55-43(64)9-5-21-62-44(65)16-17-45(62)66/h2-3,6-7,10-17,26-28,33,39,54,59H,4-5,8-9,18-25,29-30H2,1H3,(H,55,64)(H,57,68)(H,58,67)(H3,53,56,70)/t33-,39+/m1/s1. The number of fused-ring (bicyclic) bond motifs is 4. The van der Waals surface area contributed by atoms with Gasteiger partial charge in [-0.1, -0.05) is 40.2 Å². The summed E-state index contributed by atoms with van der Waals surface area (Å²) >= 11 is 3.68. The average molecular weight is 1050 g/mol. The van der Waals surface area contributed by atoms with Gasteiger partial charge in [0.1, 0.15) is 11.4 Å². The Labute approximate surface area is 423 Å². The summed E-state index contributed by atoms with van der Waals surface area (Å²) < 4.78 is 6.07. The summed E-state index contributed by atoms with van der Waals surface area (Å²) in [7, 11) is 2.02. The molecule has 72 heavy (non-hydrogen) atoms. The van der Waals surface area contributed by atoms with Gasteiger partial charge in [-0.25, -0.2) is 9.59 Å². The minimum atomic E-state index is -0.715. The third kappa shape index (κ3) is 12.1. The molecule has 5 aromatic rings. The molecule has 4 heterocycles. The second kappa shape index (κ2) is 23.1. The molecule has 3 aliphatic rings. The van der Waals surface area contributed by atoms with E-state index in [-0.39, 0.29) is 56.2 Å². The van der Waals surface area contributed by atoms with E-state index in [2.05, 4.69) is 52.4 Å². The summed E-state index contributed by atoms with van der Waals surface area (Å²) in [6.07, 6.45) is 3.12. The predicted molar refractivity (Wildman–Crippen MR) is 275 cm³/mol. The number of piperazine rings is 1. The lowest BCUT2D eigenvalue weighted by Crippen LogP contribution is -2.48. The lowest BCUT2D eigenvalue weighted by Gasteiger charge is -2.31. The topological polar surface area (TPSA) is 261 Å². The smallest absolute Gasteiger partial charge is 0.409 e. The number of rotatable bonds is 19. The largest absolute Gasteiger partial charge is 0.415 e. The summed E-state index contributed by atoms with van der Waals surface area (Å²) in [6, 6.07) is 21.6. The highest BCUT2D eigenvalue weighted by Gasteiger charge is 2.36. The molecule has 8 rings (SSSR count). The number of aromatic amines is 1. The van der Waals surface area contributed by atoms with Crippen molar-refractivity contribution in [3.63, 3.8) is 0 Å². The van der Waals surface area contributed by atoms with Crippen molar-refractivity contribution in [1.82, 2.24) is 35.6 Å². The van der Waals surface area contributed by atoms with Gasteiger partial charge in [-0.05, 0) is 85.8 Å². The highest BCUT2D eigenvalue weighted by atomic mass is 79.9. The average Bonchev–Trinajstić information content (AvgIpc) is 4.07. The first-order valence-corrected chi connectivity index (χ1v) is 24.9. The number of carbonyl (C=O) groups excluding carboxylic acids is 8. The van der Waals surface area contributed by atoms with Crippen LogP contribution in [0.25, 0.3) is 21.7 Å². The van der Waals surface area contributed by atoms with Crippen molar-refractivity contribution in [3.8, 4) is 5.75 Å². The Morgan fingerprint density at radius 1 is 0.819 bits per heavy atom. The monoisotopic (exact) mass is 1050 g/mol. The van der Waals surface area contributed by atoms with E-state index >= 15 is 0 Å². The number of anilines is 3. The minimum absolute atomic E-state index is 0.0191. The molecule has 3 aliphatic heterocycles. The number of halogens is 1. The highest BCUT2D eigenvalue weighted by molar-refractivity contribution is 9.09. The Hall–Kier alpha value is -7.62. The van der Waals surface area contributed by atoms with Crippen molar-refractivity contribution in [2.24, 2.45) is 5.73 Å². The molecule has 20 nitrogen and oxygen atoms in total. The maximum atomic E-state index is 14.4. The molecule has 0 saturated carbocycles. The van der Waals surface area contributed by atoms with E-state index in [4.69, 9.17) is 10.5 Å². The Bertz CT molecular complexity index is 2920. The van der Waals surface area contributed by atoms with Crippen LogP contribution >= 0.6 is 15.9 Å². The van der Waals surface area contributed by atoms with Crippen LogP contribution in [0.1, 0.15) is 58.0 Å². The van der Waals surface area contributed by atoms with Crippen molar-refractivity contribution >= 4 is 102 Å². The molecule has 0 unspecified atom stereocenters. The van der Waals surface area contributed by atoms with E-state index < -0.39 is 35.9 Å². The minimum Gasteiger partial charge on any atom is -0.409 e.